The number of rotatable bonds is 5. The molecular formula is C18H14ClF2N3O. The van der Waals surface area contributed by atoms with Crippen molar-refractivity contribution in [3.05, 3.63) is 89.5 Å². The minimum absolute atomic E-state index is 0.130. The maximum atomic E-state index is 14.4. The molecule has 0 spiro atoms. The van der Waals surface area contributed by atoms with Crippen molar-refractivity contribution in [2.24, 2.45) is 0 Å². The average molecular weight is 362 g/mol. The fraction of sp³-hybridized carbons (Fsp3) is 0.111. The molecule has 1 atom stereocenters. The van der Waals surface area contributed by atoms with Gasteiger partial charge in [0.2, 0.25) is 0 Å². The summed E-state index contributed by atoms with van der Waals surface area (Å²) in [5.74, 6) is -1.64. The number of halogens is 3. The molecule has 3 aromatic rings. The monoisotopic (exact) mass is 361 g/mol. The van der Waals surface area contributed by atoms with Crippen molar-refractivity contribution < 1.29 is 13.9 Å². The smallest absolute Gasteiger partial charge is 0.137 e. The molecule has 0 radical (unpaired) electrons. The van der Waals surface area contributed by atoms with Crippen LogP contribution in [-0.2, 0) is 12.1 Å². The maximum absolute atomic E-state index is 14.4. The van der Waals surface area contributed by atoms with Crippen LogP contribution in [0.1, 0.15) is 11.1 Å². The Bertz CT molecular complexity index is 914. The summed E-state index contributed by atoms with van der Waals surface area (Å²) in [6.07, 6.45) is 2.67. The van der Waals surface area contributed by atoms with Gasteiger partial charge in [-0.1, -0.05) is 36.4 Å². The summed E-state index contributed by atoms with van der Waals surface area (Å²) in [4.78, 5) is 3.82. The van der Waals surface area contributed by atoms with Gasteiger partial charge in [-0.25, -0.2) is 18.4 Å². The second-order valence-corrected chi connectivity index (χ2v) is 5.94. The Hall–Kier alpha value is -2.57. The summed E-state index contributed by atoms with van der Waals surface area (Å²) in [5, 5.41) is 15.7. The number of aliphatic hydroxyl groups is 1. The highest BCUT2D eigenvalue weighted by molar-refractivity contribution is 6.32. The van der Waals surface area contributed by atoms with E-state index < -0.39 is 17.2 Å². The van der Waals surface area contributed by atoms with Gasteiger partial charge in [0.15, 0.2) is 0 Å². The molecule has 0 bridgehead atoms. The van der Waals surface area contributed by atoms with E-state index in [-0.39, 0.29) is 17.7 Å². The Labute approximate surface area is 148 Å². The summed E-state index contributed by atoms with van der Waals surface area (Å²) in [5.41, 5.74) is -1.42. The number of aromatic nitrogens is 3. The molecule has 0 saturated carbocycles. The van der Waals surface area contributed by atoms with Crippen molar-refractivity contribution >= 4 is 17.2 Å². The van der Waals surface area contributed by atoms with E-state index in [0.29, 0.717) is 16.7 Å². The Morgan fingerprint density at radius 3 is 2.64 bits per heavy atom. The summed E-state index contributed by atoms with van der Waals surface area (Å²) < 4.78 is 29.1. The lowest BCUT2D eigenvalue weighted by Crippen LogP contribution is -2.34. The largest absolute Gasteiger partial charge is 0.378 e. The molecule has 0 aliphatic rings. The lowest BCUT2D eigenvalue weighted by molar-refractivity contribution is 0.0726. The average Bonchev–Trinajstić information content (AvgIpc) is 3.07. The molecule has 0 fully saturated rings. The fourth-order valence-corrected chi connectivity index (χ4v) is 2.90. The van der Waals surface area contributed by atoms with Crippen LogP contribution in [0, 0.1) is 11.6 Å². The van der Waals surface area contributed by atoms with E-state index in [2.05, 4.69) is 16.7 Å². The van der Waals surface area contributed by atoms with E-state index in [1.807, 2.05) is 0 Å². The number of nitrogens with zero attached hydrogens (tertiary/aromatic N) is 3. The van der Waals surface area contributed by atoms with Gasteiger partial charge in [-0.2, -0.15) is 5.10 Å². The van der Waals surface area contributed by atoms with Crippen LogP contribution in [0.5, 0.6) is 0 Å². The van der Waals surface area contributed by atoms with Gasteiger partial charge >= 0.3 is 0 Å². The van der Waals surface area contributed by atoms with Crippen molar-refractivity contribution in [2.45, 2.75) is 12.1 Å². The minimum Gasteiger partial charge on any atom is -0.378 e. The second kappa shape index (κ2) is 6.74. The van der Waals surface area contributed by atoms with E-state index >= 15 is 0 Å². The van der Waals surface area contributed by atoms with E-state index in [1.54, 1.807) is 24.3 Å². The zero-order chi connectivity index (χ0) is 18.0. The van der Waals surface area contributed by atoms with Gasteiger partial charge in [-0.05, 0) is 29.3 Å². The van der Waals surface area contributed by atoms with Gasteiger partial charge in [-0.15, -0.1) is 0 Å². The SMILES string of the molecule is C=C(c1ccccc1Cl)C(O)(Cn1cncn1)c1ccc(F)cc1F. The summed E-state index contributed by atoms with van der Waals surface area (Å²) in [6.45, 7) is 3.75. The molecule has 7 heteroatoms. The highest BCUT2D eigenvalue weighted by Crippen LogP contribution is 2.40. The quantitative estimate of drug-likeness (QED) is 0.751. The number of benzene rings is 2. The minimum atomic E-state index is -1.91. The third kappa shape index (κ3) is 3.31. The molecular weight excluding hydrogens is 348 g/mol. The normalized spacial score (nSPS) is 13.4. The lowest BCUT2D eigenvalue weighted by Gasteiger charge is -2.31. The molecule has 1 unspecified atom stereocenters. The van der Waals surface area contributed by atoms with Crippen molar-refractivity contribution in [1.29, 1.82) is 0 Å². The third-order valence-electron chi connectivity index (χ3n) is 3.93. The molecule has 0 amide bonds. The third-order valence-corrected chi connectivity index (χ3v) is 4.26. The van der Waals surface area contributed by atoms with Crippen LogP contribution < -0.4 is 0 Å². The van der Waals surface area contributed by atoms with E-state index in [4.69, 9.17) is 11.6 Å². The Kier molecular flexibility index (Phi) is 4.65. The summed E-state index contributed by atoms with van der Waals surface area (Å²) in [6, 6.07) is 9.73. The summed E-state index contributed by atoms with van der Waals surface area (Å²) in [7, 11) is 0. The topological polar surface area (TPSA) is 50.9 Å². The molecule has 0 saturated heterocycles. The van der Waals surface area contributed by atoms with Crippen molar-refractivity contribution in [3.63, 3.8) is 0 Å². The van der Waals surface area contributed by atoms with Crippen LogP contribution >= 0.6 is 11.6 Å². The fourth-order valence-electron chi connectivity index (χ4n) is 2.65. The van der Waals surface area contributed by atoms with Crippen LogP contribution in [0.25, 0.3) is 5.57 Å². The molecule has 3 rings (SSSR count). The maximum Gasteiger partial charge on any atom is 0.137 e. The molecule has 0 aliphatic carbocycles. The van der Waals surface area contributed by atoms with Gasteiger partial charge in [0.05, 0.1) is 6.54 Å². The van der Waals surface area contributed by atoms with Crippen molar-refractivity contribution in [2.75, 3.05) is 0 Å². The Morgan fingerprint density at radius 1 is 1.24 bits per heavy atom. The molecule has 2 aromatic carbocycles. The Balaban J connectivity index is 2.15. The summed E-state index contributed by atoms with van der Waals surface area (Å²) >= 11 is 6.20. The van der Waals surface area contributed by atoms with Crippen LogP contribution in [0.4, 0.5) is 8.78 Å². The number of hydrogen-bond donors (Lipinski definition) is 1. The standard InChI is InChI=1S/C18H14ClF2N3O/c1-12(14-4-2-3-5-16(14)19)18(25,9-24-11-22-10-23-24)15-7-6-13(20)8-17(15)21/h2-8,10-11,25H,1,9H2. The molecule has 1 N–H and O–H groups in total. The molecule has 128 valence electrons. The van der Waals surface area contributed by atoms with Crippen LogP contribution in [-0.4, -0.2) is 19.9 Å². The lowest BCUT2D eigenvalue weighted by atomic mass is 9.82. The van der Waals surface area contributed by atoms with E-state index in [0.717, 1.165) is 6.07 Å². The highest BCUT2D eigenvalue weighted by atomic mass is 35.5. The second-order valence-electron chi connectivity index (χ2n) is 5.54. The van der Waals surface area contributed by atoms with Gasteiger partial charge in [0.1, 0.15) is 29.9 Å². The molecule has 1 aromatic heterocycles. The van der Waals surface area contributed by atoms with E-state index in [9.17, 15) is 13.9 Å². The predicted molar refractivity (Wildman–Crippen MR) is 90.8 cm³/mol. The van der Waals surface area contributed by atoms with Crippen LogP contribution in [0.3, 0.4) is 0 Å². The van der Waals surface area contributed by atoms with Gasteiger partial charge in [0.25, 0.3) is 0 Å². The molecule has 0 aliphatic heterocycles. The van der Waals surface area contributed by atoms with Gasteiger partial charge in [-0.3, -0.25) is 0 Å². The molecule has 25 heavy (non-hydrogen) atoms. The first-order chi connectivity index (χ1) is 11.9. The van der Waals surface area contributed by atoms with Crippen molar-refractivity contribution in [1.82, 2.24) is 14.8 Å². The van der Waals surface area contributed by atoms with Crippen LogP contribution in [0.2, 0.25) is 5.02 Å². The highest BCUT2D eigenvalue weighted by Gasteiger charge is 2.37. The zero-order valence-electron chi connectivity index (χ0n) is 13.0. The number of hydrogen-bond acceptors (Lipinski definition) is 3. The van der Waals surface area contributed by atoms with Crippen LogP contribution in [0.15, 0.2) is 61.7 Å². The zero-order valence-corrected chi connectivity index (χ0v) is 13.8. The molecule has 1 heterocycles. The first kappa shape index (κ1) is 17.3. The first-order valence-electron chi connectivity index (χ1n) is 7.36. The van der Waals surface area contributed by atoms with Gasteiger partial charge in [0, 0.05) is 16.7 Å². The molecule has 4 nitrogen and oxygen atoms in total. The Morgan fingerprint density at radius 2 is 2.00 bits per heavy atom. The van der Waals surface area contributed by atoms with E-state index in [1.165, 1.54) is 23.4 Å². The predicted octanol–water partition coefficient (Wildman–Crippen LogP) is 3.81. The van der Waals surface area contributed by atoms with Crippen molar-refractivity contribution in [3.8, 4) is 0 Å². The first-order valence-corrected chi connectivity index (χ1v) is 7.74. The van der Waals surface area contributed by atoms with Gasteiger partial charge < -0.3 is 5.11 Å².